The molecule has 0 spiro atoms. The third-order valence-corrected chi connectivity index (χ3v) is 7.57. The number of para-hydroxylation sites is 1. The molecule has 3 atom stereocenters. The predicted octanol–water partition coefficient (Wildman–Crippen LogP) is 5.08. The molecular weight excluding hydrogens is 408 g/mol. The van der Waals surface area contributed by atoms with Crippen LogP contribution in [0.5, 0.6) is 0 Å². The Labute approximate surface area is 198 Å². The van der Waals surface area contributed by atoms with Gasteiger partial charge in [-0.2, -0.15) is 0 Å². The van der Waals surface area contributed by atoms with Crippen LogP contribution in [-0.4, -0.2) is 41.8 Å². The van der Waals surface area contributed by atoms with E-state index in [9.17, 15) is 4.79 Å². The maximum Gasteiger partial charge on any atom is 0.234 e. The minimum absolute atomic E-state index is 0.0526. The molecule has 176 valence electrons. The maximum atomic E-state index is 13.6. The summed E-state index contributed by atoms with van der Waals surface area (Å²) in [6.07, 6.45) is 8.06. The van der Waals surface area contributed by atoms with Gasteiger partial charge >= 0.3 is 0 Å². The normalized spacial score (nSPS) is 23.4. The van der Waals surface area contributed by atoms with Gasteiger partial charge in [-0.1, -0.05) is 55.3 Å². The number of benzene rings is 2. The van der Waals surface area contributed by atoms with Crippen LogP contribution in [-0.2, 0) is 11.2 Å². The molecule has 1 saturated heterocycles. The van der Waals surface area contributed by atoms with Crippen molar-refractivity contribution in [2.45, 2.75) is 76.8 Å². The van der Waals surface area contributed by atoms with Crippen molar-refractivity contribution in [1.82, 2.24) is 4.90 Å². The van der Waals surface area contributed by atoms with E-state index in [0.29, 0.717) is 17.6 Å². The van der Waals surface area contributed by atoms with Gasteiger partial charge in [0.2, 0.25) is 5.91 Å². The Balaban J connectivity index is 1.40. The number of likely N-dealkylation sites (tertiary alicyclic amines) is 1. The highest BCUT2D eigenvalue weighted by Gasteiger charge is 2.33. The van der Waals surface area contributed by atoms with Crippen LogP contribution in [0, 0.1) is 5.41 Å². The van der Waals surface area contributed by atoms with Crippen molar-refractivity contribution >= 4 is 17.4 Å². The smallest absolute Gasteiger partial charge is 0.234 e. The molecule has 3 unspecified atom stereocenters. The molecule has 5 nitrogen and oxygen atoms in total. The third-order valence-electron chi connectivity index (χ3n) is 7.57. The van der Waals surface area contributed by atoms with Gasteiger partial charge in [-0.05, 0) is 69.7 Å². The van der Waals surface area contributed by atoms with Crippen LogP contribution >= 0.6 is 0 Å². The molecule has 2 aromatic rings. The molecule has 0 aromatic heterocycles. The second-order valence-electron chi connectivity index (χ2n) is 9.84. The number of amidine groups is 1. The first-order valence-corrected chi connectivity index (χ1v) is 12.5. The van der Waals surface area contributed by atoms with Gasteiger partial charge in [-0.3, -0.25) is 15.1 Å². The number of piperidine rings is 1. The lowest BCUT2D eigenvalue weighted by molar-refractivity contribution is -0.120. The highest BCUT2D eigenvalue weighted by Crippen LogP contribution is 2.36. The molecule has 0 radical (unpaired) electrons. The van der Waals surface area contributed by atoms with Crippen molar-refractivity contribution in [3.63, 3.8) is 0 Å². The van der Waals surface area contributed by atoms with E-state index in [1.807, 2.05) is 35.2 Å². The van der Waals surface area contributed by atoms with E-state index >= 15 is 0 Å². The van der Waals surface area contributed by atoms with E-state index in [-0.39, 0.29) is 17.7 Å². The number of anilines is 1. The summed E-state index contributed by atoms with van der Waals surface area (Å²) < 4.78 is 0. The van der Waals surface area contributed by atoms with Crippen LogP contribution in [0.3, 0.4) is 0 Å². The number of nitrogen functional groups attached to an aromatic ring is 1. The third kappa shape index (κ3) is 5.30. The summed E-state index contributed by atoms with van der Waals surface area (Å²) in [6, 6.07) is 17.3. The number of carbonyl (C=O) groups is 1. The van der Waals surface area contributed by atoms with Crippen LogP contribution < -0.4 is 10.6 Å². The summed E-state index contributed by atoms with van der Waals surface area (Å²) in [4.78, 5) is 18.2. The van der Waals surface area contributed by atoms with E-state index in [1.54, 1.807) is 0 Å². The molecule has 2 aliphatic heterocycles. The molecule has 5 heteroatoms. The minimum Gasteiger partial charge on any atom is -0.384 e. The Hall–Kier alpha value is -2.66. The highest BCUT2D eigenvalue weighted by atomic mass is 16.2. The largest absolute Gasteiger partial charge is 0.384 e. The predicted molar refractivity (Wildman–Crippen MR) is 136 cm³/mol. The fourth-order valence-corrected chi connectivity index (χ4v) is 5.60. The van der Waals surface area contributed by atoms with Crippen molar-refractivity contribution in [2.75, 3.05) is 18.0 Å². The fraction of sp³-hybridized carbons (Fsp3) is 0.500. The van der Waals surface area contributed by atoms with E-state index < -0.39 is 0 Å². The summed E-state index contributed by atoms with van der Waals surface area (Å²) in [5.74, 6) is 0.0512. The molecule has 0 bridgehead atoms. The van der Waals surface area contributed by atoms with Gasteiger partial charge in [-0.15, -0.1) is 0 Å². The Morgan fingerprint density at radius 2 is 1.64 bits per heavy atom. The summed E-state index contributed by atoms with van der Waals surface area (Å²) in [7, 11) is 0. The number of hydrogen-bond donors (Lipinski definition) is 2. The molecular formula is C28H38N4O. The number of rotatable bonds is 8. The molecule has 0 saturated carbocycles. The van der Waals surface area contributed by atoms with Gasteiger partial charge in [0.1, 0.15) is 5.84 Å². The molecule has 2 aliphatic rings. The molecule has 3 N–H and O–H groups in total. The Morgan fingerprint density at radius 1 is 0.970 bits per heavy atom. The quantitative estimate of drug-likeness (QED) is 0.337. The zero-order valence-electron chi connectivity index (χ0n) is 20.1. The van der Waals surface area contributed by atoms with Gasteiger partial charge in [0.15, 0.2) is 0 Å². The summed E-state index contributed by atoms with van der Waals surface area (Å²) >= 11 is 0. The van der Waals surface area contributed by atoms with Crippen LogP contribution in [0.4, 0.5) is 5.69 Å². The Bertz CT molecular complexity index is 960. The first-order chi connectivity index (χ1) is 16.0. The number of fused-ring (bicyclic) bond motifs is 1. The second kappa shape index (κ2) is 10.5. The number of nitrogens with one attached hydrogen (secondary N) is 1. The van der Waals surface area contributed by atoms with Gasteiger partial charge < -0.3 is 10.6 Å². The van der Waals surface area contributed by atoms with E-state index in [4.69, 9.17) is 11.1 Å². The fourth-order valence-electron chi connectivity index (χ4n) is 5.60. The van der Waals surface area contributed by atoms with Crippen molar-refractivity contribution in [1.29, 1.82) is 5.41 Å². The number of carbonyl (C=O) groups excluding carboxylic acids is 1. The van der Waals surface area contributed by atoms with E-state index in [2.05, 4.69) is 36.9 Å². The lowest BCUT2D eigenvalue weighted by atomic mass is 9.86. The number of hydrogen-bond acceptors (Lipinski definition) is 3. The van der Waals surface area contributed by atoms with Gasteiger partial charge in [0.05, 0.1) is 5.92 Å². The van der Waals surface area contributed by atoms with Gasteiger partial charge in [0, 0.05) is 29.9 Å². The topological polar surface area (TPSA) is 73.4 Å². The molecule has 2 heterocycles. The molecule has 1 fully saturated rings. The molecule has 33 heavy (non-hydrogen) atoms. The summed E-state index contributed by atoms with van der Waals surface area (Å²) in [6.45, 7) is 6.66. The van der Waals surface area contributed by atoms with Gasteiger partial charge in [0.25, 0.3) is 0 Å². The minimum atomic E-state index is -0.184. The van der Waals surface area contributed by atoms with Crippen LogP contribution in [0.15, 0.2) is 48.5 Å². The van der Waals surface area contributed by atoms with Crippen molar-refractivity contribution in [3.8, 4) is 0 Å². The van der Waals surface area contributed by atoms with E-state index in [1.165, 1.54) is 31.2 Å². The van der Waals surface area contributed by atoms with Crippen LogP contribution in [0.25, 0.3) is 0 Å². The SMILES string of the molecule is CC1CCCC(C)N1CCCCCN1C(=O)C(c2ccc(C(=N)N)cc2)Cc2ccccc21. The number of amides is 1. The maximum absolute atomic E-state index is 13.6. The van der Waals surface area contributed by atoms with Crippen LogP contribution in [0.1, 0.15) is 75.0 Å². The zero-order chi connectivity index (χ0) is 23.4. The molecule has 2 aromatic carbocycles. The average Bonchev–Trinajstić information content (AvgIpc) is 2.81. The van der Waals surface area contributed by atoms with Crippen LogP contribution in [0.2, 0.25) is 0 Å². The van der Waals surface area contributed by atoms with E-state index in [0.717, 1.165) is 43.6 Å². The number of unbranched alkanes of at least 4 members (excludes halogenated alkanes) is 2. The average molecular weight is 447 g/mol. The van der Waals surface area contributed by atoms with Crippen molar-refractivity contribution < 1.29 is 4.79 Å². The summed E-state index contributed by atoms with van der Waals surface area (Å²) in [5.41, 5.74) is 9.59. The molecule has 0 aliphatic carbocycles. The zero-order valence-corrected chi connectivity index (χ0v) is 20.1. The lowest BCUT2D eigenvalue weighted by Crippen LogP contribution is -2.44. The Morgan fingerprint density at radius 3 is 2.33 bits per heavy atom. The lowest BCUT2D eigenvalue weighted by Gasteiger charge is -2.39. The second-order valence-corrected chi connectivity index (χ2v) is 9.84. The van der Waals surface area contributed by atoms with Crippen molar-refractivity contribution in [3.05, 3.63) is 65.2 Å². The number of nitrogens with two attached hydrogens (primary N) is 1. The first kappa shape index (κ1) is 23.5. The monoisotopic (exact) mass is 446 g/mol. The molecule has 4 rings (SSSR count). The van der Waals surface area contributed by atoms with Crippen molar-refractivity contribution in [2.24, 2.45) is 5.73 Å². The Kier molecular flexibility index (Phi) is 7.49. The number of nitrogens with zero attached hydrogens (tertiary/aromatic N) is 2. The first-order valence-electron chi connectivity index (χ1n) is 12.5. The van der Waals surface area contributed by atoms with Gasteiger partial charge in [-0.25, -0.2) is 0 Å². The highest BCUT2D eigenvalue weighted by molar-refractivity contribution is 6.01. The standard InChI is InChI=1S/C28H38N4O/c1-20-9-8-10-21(2)31(20)17-6-3-7-18-32-26-12-5-4-11-24(26)19-25(28(32)33)22-13-15-23(16-14-22)27(29)30/h4-5,11-16,20-21,25H,3,6-10,17-19H2,1-2H3,(H3,29,30). The molecule has 1 amide bonds. The summed E-state index contributed by atoms with van der Waals surface area (Å²) in [5, 5.41) is 7.62.